The molecule has 2 amide bonds. The van der Waals surface area contributed by atoms with Crippen LogP contribution in [0.5, 0.6) is 17.2 Å². The molecule has 1 saturated heterocycles. The number of piperidine rings is 1. The molecule has 2 N–H and O–H groups in total. The van der Waals surface area contributed by atoms with Gasteiger partial charge < -0.3 is 24.8 Å². The topological polar surface area (TPSA) is 88.1 Å². The first kappa shape index (κ1) is 19.5. The van der Waals surface area contributed by atoms with Crippen LogP contribution in [0.2, 0.25) is 0 Å². The van der Waals surface area contributed by atoms with Gasteiger partial charge in [0.2, 0.25) is 0 Å². The minimum absolute atomic E-state index is 0.0220. The molecule has 0 atom stereocenters. The van der Waals surface area contributed by atoms with Crippen LogP contribution >= 0.6 is 0 Å². The summed E-state index contributed by atoms with van der Waals surface area (Å²) in [6, 6.07) is 11.6. The third kappa shape index (κ3) is 4.03. The van der Waals surface area contributed by atoms with Gasteiger partial charge in [-0.3, -0.25) is 9.59 Å². The second-order valence-corrected chi connectivity index (χ2v) is 6.59. The maximum Gasteiger partial charge on any atom is 0.259 e. The number of likely N-dealkylation sites (tertiary alicyclic amines) is 1. The third-order valence-electron chi connectivity index (χ3n) is 4.91. The lowest BCUT2D eigenvalue weighted by molar-refractivity contribution is 0.0695. The number of methoxy groups -OCH3 is 2. The van der Waals surface area contributed by atoms with E-state index >= 15 is 0 Å². The number of amides is 2. The van der Waals surface area contributed by atoms with Crippen molar-refractivity contribution in [3.8, 4) is 17.2 Å². The van der Waals surface area contributed by atoms with E-state index in [1.54, 1.807) is 41.3 Å². The van der Waals surface area contributed by atoms with Gasteiger partial charge in [0.05, 0.1) is 19.8 Å². The summed E-state index contributed by atoms with van der Waals surface area (Å²) in [5.74, 6) is 0.410. The predicted molar refractivity (Wildman–Crippen MR) is 104 cm³/mol. The Balaban J connectivity index is 1.63. The smallest absolute Gasteiger partial charge is 0.259 e. The van der Waals surface area contributed by atoms with Crippen molar-refractivity contribution >= 4 is 11.8 Å². The van der Waals surface area contributed by atoms with Crippen molar-refractivity contribution < 1.29 is 24.2 Å². The summed E-state index contributed by atoms with van der Waals surface area (Å²) in [5.41, 5.74) is 0.656. The Morgan fingerprint density at radius 1 is 1.00 bits per heavy atom. The molecule has 2 aromatic rings. The number of carbonyl (C=O) groups excluding carboxylic acids is 2. The van der Waals surface area contributed by atoms with Gasteiger partial charge in [0, 0.05) is 19.1 Å². The van der Waals surface area contributed by atoms with E-state index in [4.69, 9.17) is 9.47 Å². The predicted octanol–water partition coefficient (Wildman–Crippen LogP) is 2.44. The largest absolute Gasteiger partial charge is 0.507 e. The standard InChI is InChI=1S/C21H24N2O5/c1-27-17-8-5-9-18(28-2)19(17)20(25)22-14-10-12-23(13-11-14)21(26)15-6-3-4-7-16(15)24/h3-9,14,24H,10-13H2,1-2H3,(H,22,25). The summed E-state index contributed by atoms with van der Waals surface area (Å²) in [6.07, 6.45) is 1.26. The Kier molecular flexibility index (Phi) is 6.03. The number of hydrogen-bond donors (Lipinski definition) is 2. The van der Waals surface area contributed by atoms with Crippen molar-refractivity contribution in [2.75, 3.05) is 27.3 Å². The number of nitrogens with one attached hydrogen (secondary N) is 1. The molecular formula is C21H24N2O5. The molecule has 0 radical (unpaired) electrons. The fourth-order valence-corrected chi connectivity index (χ4v) is 3.38. The minimum atomic E-state index is -0.264. The fourth-order valence-electron chi connectivity index (χ4n) is 3.38. The van der Waals surface area contributed by atoms with Crippen molar-refractivity contribution in [3.63, 3.8) is 0 Å². The Labute approximate surface area is 163 Å². The highest BCUT2D eigenvalue weighted by Crippen LogP contribution is 2.28. The maximum absolute atomic E-state index is 12.8. The van der Waals surface area contributed by atoms with Gasteiger partial charge in [-0.25, -0.2) is 0 Å². The normalized spacial score (nSPS) is 14.4. The second-order valence-electron chi connectivity index (χ2n) is 6.59. The van der Waals surface area contributed by atoms with Crippen molar-refractivity contribution in [1.29, 1.82) is 0 Å². The molecule has 0 aliphatic carbocycles. The monoisotopic (exact) mass is 384 g/mol. The molecule has 0 spiro atoms. The first-order valence-corrected chi connectivity index (χ1v) is 9.14. The highest BCUT2D eigenvalue weighted by atomic mass is 16.5. The van der Waals surface area contributed by atoms with Crippen LogP contribution < -0.4 is 14.8 Å². The molecule has 148 valence electrons. The second kappa shape index (κ2) is 8.65. The summed E-state index contributed by atoms with van der Waals surface area (Å²) in [7, 11) is 3.02. The van der Waals surface area contributed by atoms with Crippen LogP contribution in [0.1, 0.15) is 33.6 Å². The number of hydrogen-bond acceptors (Lipinski definition) is 5. The highest BCUT2D eigenvalue weighted by molar-refractivity contribution is 6.00. The van der Waals surface area contributed by atoms with Crippen LogP contribution in [0.3, 0.4) is 0 Å². The van der Waals surface area contributed by atoms with Crippen molar-refractivity contribution in [2.24, 2.45) is 0 Å². The van der Waals surface area contributed by atoms with Gasteiger partial charge in [0.25, 0.3) is 11.8 Å². The van der Waals surface area contributed by atoms with E-state index in [-0.39, 0.29) is 23.6 Å². The number of phenolic OH excluding ortho intramolecular Hbond substituents is 1. The molecule has 28 heavy (non-hydrogen) atoms. The van der Waals surface area contributed by atoms with Gasteiger partial charge in [-0.05, 0) is 37.1 Å². The summed E-state index contributed by atoms with van der Waals surface area (Å²) < 4.78 is 10.6. The van der Waals surface area contributed by atoms with Crippen LogP contribution in [0, 0.1) is 0 Å². The molecular weight excluding hydrogens is 360 g/mol. The Morgan fingerprint density at radius 3 is 2.18 bits per heavy atom. The number of rotatable bonds is 5. The molecule has 7 nitrogen and oxygen atoms in total. The lowest BCUT2D eigenvalue weighted by Gasteiger charge is -2.32. The molecule has 1 fully saturated rings. The molecule has 1 aliphatic rings. The zero-order valence-corrected chi connectivity index (χ0v) is 16.0. The van der Waals surface area contributed by atoms with Crippen molar-refractivity contribution in [1.82, 2.24) is 10.2 Å². The molecule has 1 heterocycles. The number of aromatic hydroxyl groups is 1. The quantitative estimate of drug-likeness (QED) is 0.827. The number of phenols is 1. The zero-order chi connectivity index (χ0) is 20.1. The van der Waals surface area contributed by atoms with E-state index in [0.717, 1.165) is 0 Å². The van der Waals surface area contributed by atoms with Crippen LogP contribution in [0.15, 0.2) is 42.5 Å². The lowest BCUT2D eigenvalue weighted by atomic mass is 10.0. The van der Waals surface area contributed by atoms with E-state index < -0.39 is 0 Å². The van der Waals surface area contributed by atoms with Gasteiger partial charge in [0.15, 0.2) is 0 Å². The minimum Gasteiger partial charge on any atom is -0.507 e. The van der Waals surface area contributed by atoms with E-state index in [0.29, 0.717) is 48.6 Å². The summed E-state index contributed by atoms with van der Waals surface area (Å²) in [6.45, 7) is 1.00. The first-order chi connectivity index (χ1) is 13.5. The van der Waals surface area contributed by atoms with E-state index in [9.17, 15) is 14.7 Å². The van der Waals surface area contributed by atoms with Crippen molar-refractivity contribution in [2.45, 2.75) is 18.9 Å². The van der Waals surface area contributed by atoms with Gasteiger partial charge in [0.1, 0.15) is 22.8 Å². The Hall–Kier alpha value is -3.22. The number of carbonyl (C=O) groups is 2. The molecule has 3 rings (SSSR count). The van der Waals surface area contributed by atoms with E-state index in [2.05, 4.69) is 5.32 Å². The SMILES string of the molecule is COc1cccc(OC)c1C(=O)NC1CCN(C(=O)c2ccccc2O)CC1. The summed E-state index contributed by atoms with van der Waals surface area (Å²) in [4.78, 5) is 27.0. The Bertz CT molecular complexity index is 837. The lowest BCUT2D eigenvalue weighted by Crippen LogP contribution is -2.46. The highest BCUT2D eigenvalue weighted by Gasteiger charge is 2.27. The molecule has 7 heteroatoms. The fraction of sp³-hybridized carbons (Fsp3) is 0.333. The van der Waals surface area contributed by atoms with Gasteiger partial charge >= 0.3 is 0 Å². The van der Waals surface area contributed by atoms with E-state index in [1.165, 1.54) is 20.3 Å². The third-order valence-corrected chi connectivity index (χ3v) is 4.91. The number of benzene rings is 2. The van der Waals surface area contributed by atoms with E-state index in [1.807, 2.05) is 0 Å². The molecule has 1 aliphatic heterocycles. The number of para-hydroxylation sites is 1. The number of ether oxygens (including phenoxy) is 2. The average molecular weight is 384 g/mol. The number of nitrogens with zero attached hydrogens (tertiary/aromatic N) is 1. The molecule has 0 unspecified atom stereocenters. The van der Waals surface area contributed by atoms with Crippen molar-refractivity contribution in [3.05, 3.63) is 53.6 Å². The van der Waals surface area contributed by atoms with Gasteiger partial charge in [-0.2, -0.15) is 0 Å². The zero-order valence-electron chi connectivity index (χ0n) is 16.0. The first-order valence-electron chi connectivity index (χ1n) is 9.14. The van der Waals surface area contributed by atoms with Crippen LogP contribution in [-0.2, 0) is 0 Å². The van der Waals surface area contributed by atoms with Crippen LogP contribution in [0.4, 0.5) is 0 Å². The average Bonchev–Trinajstić information content (AvgIpc) is 2.73. The molecule has 0 saturated carbocycles. The van der Waals surface area contributed by atoms with Crippen LogP contribution in [-0.4, -0.2) is 55.2 Å². The van der Waals surface area contributed by atoms with Crippen LogP contribution in [0.25, 0.3) is 0 Å². The van der Waals surface area contributed by atoms with Gasteiger partial charge in [-0.15, -0.1) is 0 Å². The molecule has 0 bridgehead atoms. The summed E-state index contributed by atoms with van der Waals surface area (Å²) in [5, 5.41) is 12.9. The van der Waals surface area contributed by atoms with Gasteiger partial charge in [-0.1, -0.05) is 18.2 Å². The molecule has 0 aromatic heterocycles. The maximum atomic E-state index is 12.8. The Morgan fingerprint density at radius 2 is 1.61 bits per heavy atom. The molecule has 2 aromatic carbocycles. The summed E-state index contributed by atoms with van der Waals surface area (Å²) >= 11 is 0.